The van der Waals surface area contributed by atoms with E-state index in [0.717, 1.165) is 32.2 Å². The number of para-hydroxylation sites is 1. The van der Waals surface area contributed by atoms with Crippen LogP contribution in [0.15, 0.2) is 47.8 Å². The zero-order valence-electron chi connectivity index (χ0n) is 16.1. The molecule has 4 rings (SSSR count). The number of unbranched alkanes of at least 4 members (excludes halogenated alkanes) is 2. The highest BCUT2D eigenvalue weighted by Crippen LogP contribution is 2.39. The fourth-order valence-corrected chi connectivity index (χ4v) is 4.97. The lowest BCUT2D eigenvalue weighted by molar-refractivity contribution is 0.748. The second kappa shape index (κ2) is 8.28. The van der Waals surface area contributed by atoms with Crippen LogP contribution in [0.3, 0.4) is 0 Å². The van der Waals surface area contributed by atoms with Gasteiger partial charge in [0.2, 0.25) is 0 Å². The molecular weight excluding hydrogens is 348 g/mol. The monoisotopic (exact) mass is 376 g/mol. The smallest absolute Gasteiger partial charge is 0.0512 e. The maximum absolute atomic E-state index is 5.76. The number of H-pyrrole nitrogens is 1. The Bertz CT molecular complexity index is 1040. The molecule has 0 spiro atoms. The van der Waals surface area contributed by atoms with Crippen LogP contribution in [-0.4, -0.2) is 11.5 Å². The number of aryl methyl sites for hydroxylation is 2. The van der Waals surface area contributed by atoms with Gasteiger partial charge in [-0.2, -0.15) is 0 Å². The molecule has 3 heteroatoms. The maximum atomic E-state index is 5.76. The third kappa shape index (κ3) is 3.54. The van der Waals surface area contributed by atoms with Gasteiger partial charge in [-0.05, 0) is 55.8 Å². The quantitative estimate of drug-likeness (QED) is 0.331. The minimum atomic E-state index is 0.765. The van der Waals surface area contributed by atoms with Crippen LogP contribution in [0.4, 0.5) is 0 Å². The van der Waals surface area contributed by atoms with Crippen LogP contribution in [0.1, 0.15) is 43.7 Å². The van der Waals surface area contributed by atoms with Crippen LogP contribution in [-0.2, 0) is 12.8 Å². The number of hydrogen-bond donors (Lipinski definition) is 2. The zero-order chi connectivity index (χ0) is 18.6. The number of fused-ring (bicyclic) bond motifs is 2. The lowest BCUT2D eigenvalue weighted by Crippen LogP contribution is -1.99. The number of aromatic amines is 1. The van der Waals surface area contributed by atoms with E-state index < -0.39 is 0 Å². The maximum Gasteiger partial charge on any atom is 0.0512 e. The predicted octanol–water partition coefficient (Wildman–Crippen LogP) is 6.67. The molecule has 0 saturated heterocycles. The average molecular weight is 377 g/mol. The molecule has 0 fully saturated rings. The summed E-state index contributed by atoms with van der Waals surface area (Å²) in [6.07, 6.45) is 6.89. The highest BCUT2D eigenvalue weighted by Gasteiger charge is 2.17. The Hall–Kier alpha value is -2.10. The first kappa shape index (κ1) is 18.3. The predicted molar refractivity (Wildman–Crippen MR) is 120 cm³/mol. The molecule has 3 N–H and O–H groups in total. The standard InChI is InChI=1S/C24H28N2S/c1-2-3-9-17-10-8-13-19-20(12-6-7-15-25)24(26-23(17)19)21-16-27-22-14-5-4-11-18(21)22/h4-5,8,10-11,13-14,16,26H,2-3,6-7,9,12,15,25H2,1H3. The molecular formula is C24H28N2S. The van der Waals surface area contributed by atoms with Crippen LogP contribution in [0.25, 0.3) is 32.2 Å². The summed E-state index contributed by atoms with van der Waals surface area (Å²) in [5.74, 6) is 0. The number of rotatable bonds is 8. The van der Waals surface area contributed by atoms with Crippen molar-refractivity contribution in [2.75, 3.05) is 6.54 Å². The van der Waals surface area contributed by atoms with Crippen molar-refractivity contribution in [3.05, 3.63) is 59.0 Å². The number of nitrogens with two attached hydrogens (primary N) is 1. The summed E-state index contributed by atoms with van der Waals surface area (Å²) in [7, 11) is 0. The zero-order valence-corrected chi connectivity index (χ0v) is 16.9. The minimum Gasteiger partial charge on any atom is -0.354 e. The number of thiophene rings is 1. The van der Waals surface area contributed by atoms with Gasteiger partial charge in [-0.3, -0.25) is 0 Å². The Morgan fingerprint density at radius 1 is 0.926 bits per heavy atom. The number of nitrogens with one attached hydrogen (secondary N) is 1. The van der Waals surface area contributed by atoms with E-state index in [1.165, 1.54) is 56.2 Å². The van der Waals surface area contributed by atoms with E-state index in [2.05, 4.69) is 59.8 Å². The number of hydrogen-bond acceptors (Lipinski definition) is 2. The summed E-state index contributed by atoms with van der Waals surface area (Å²) in [6.45, 7) is 3.02. The Morgan fingerprint density at radius 2 is 1.78 bits per heavy atom. The normalized spacial score (nSPS) is 11.6. The van der Waals surface area contributed by atoms with Gasteiger partial charge in [-0.15, -0.1) is 11.3 Å². The van der Waals surface area contributed by atoms with Crippen LogP contribution in [0.5, 0.6) is 0 Å². The molecule has 0 radical (unpaired) electrons. The van der Waals surface area contributed by atoms with Gasteiger partial charge >= 0.3 is 0 Å². The first-order valence-electron chi connectivity index (χ1n) is 10.1. The van der Waals surface area contributed by atoms with Crippen molar-refractivity contribution < 1.29 is 0 Å². The fraction of sp³-hybridized carbons (Fsp3) is 0.333. The van der Waals surface area contributed by atoms with Gasteiger partial charge in [0.25, 0.3) is 0 Å². The molecule has 2 nitrogen and oxygen atoms in total. The highest BCUT2D eigenvalue weighted by molar-refractivity contribution is 7.17. The highest BCUT2D eigenvalue weighted by atomic mass is 32.1. The molecule has 0 saturated carbocycles. The molecule has 0 aliphatic heterocycles. The Labute approximate surface area is 165 Å². The van der Waals surface area contributed by atoms with Crippen molar-refractivity contribution in [2.24, 2.45) is 5.73 Å². The third-order valence-corrected chi connectivity index (χ3v) is 6.42. The molecule has 2 aromatic heterocycles. The second-order valence-corrected chi connectivity index (χ2v) is 8.22. The van der Waals surface area contributed by atoms with Crippen molar-refractivity contribution in [3.63, 3.8) is 0 Å². The summed E-state index contributed by atoms with van der Waals surface area (Å²) in [5.41, 5.74) is 12.6. The van der Waals surface area contributed by atoms with E-state index in [9.17, 15) is 0 Å². The topological polar surface area (TPSA) is 41.8 Å². The molecule has 4 aromatic rings. The third-order valence-electron chi connectivity index (χ3n) is 5.46. The molecule has 140 valence electrons. The van der Waals surface area contributed by atoms with E-state index >= 15 is 0 Å². The van der Waals surface area contributed by atoms with Gasteiger partial charge in [0.15, 0.2) is 0 Å². The Morgan fingerprint density at radius 3 is 2.63 bits per heavy atom. The Balaban J connectivity index is 1.88. The van der Waals surface area contributed by atoms with E-state index in [-0.39, 0.29) is 0 Å². The molecule has 0 aliphatic rings. The van der Waals surface area contributed by atoms with Gasteiger partial charge in [0.1, 0.15) is 0 Å². The number of benzene rings is 2. The fourth-order valence-electron chi connectivity index (χ4n) is 4.02. The lowest BCUT2D eigenvalue weighted by Gasteiger charge is -2.05. The van der Waals surface area contributed by atoms with Gasteiger partial charge in [-0.25, -0.2) is 0 Å². The molecule has 27 heavy (non-hydrogen) atoms. The number of aromatic nitrogens is 1. The van der Waals surface area contributed by atoms with Crippen LogP contribution >= 0.6 is 11.3 Å². The Kier molecular flexibility index (Phi) is 5.61. The van der Waals surface area contributed by atoms with Crippen molar-refractivity contribution in [3.8, 4) is 11.3 Å². The second-order valence-electron chi connectivity index (χ2n) is 7.31. The molecule has 0 bridgehead atoms. The van der Waals surface area contributed by atoms with Crippen LogP contribution in [0, 0.1) is 0 Å². The summed E-state index contributed by atoms with van der Waals surface area (Å²) >= 11 is 1.83. The van der Waals surface area contributed by atoms with Gasteiger partial charge in [-0.1, -0.05) is 49.7 Å². The molecule has 0 atom stereocenters. The first-order valence-corrected chi connectivity index (χ1v) is 11.0. The summed E-state index contributed by atoms with van der Waals surface area (Å²) < 4.78 is 1.35. The molecule has 2 heterocycles. The van der Waals surface area contributed by atoms with Crippen LogP contribution < -0.4 is 5.73 Å². The van der Waals surface area contributed by atoms with E-state index in [1.54, 1.807) is 0 Å². The summed E-state index contributed by atoms with van der Waals surface area (Å²) in [4.78, 5) is 3.84. The van der Waals surface area contributed by atoms with E-state index in [1.807, 2.05) is 11.3 Å². The molecule has 0 aliphatic carbocycles. The largest absolute Gasteiger partial charge is 0.354 e. The molecule has 2 aromatic carbocycles. The first-order chi connectivity index (χ1) is 13.3. The van der Waals surface area contributed by atoms with E-state index in [0.29, 0.717) is 0 Å². The van der Waals surface area contributed by atoms with Crippen molar-refractivity contribution in [2.45, 2.75) is 45.4 Å². The summed E-state index contributed by atoms with van der Waals surface area (Å²) in [5, 5.41) is 5.06. The SMILES string of the molecule is CCCCc1cccc2c(CCCCN)c(-c3csc4ccccc34)[nH]c12. The molecule has 0 unspecified atom stereocenters. The minimum absolute atomic E-state index is 0.765. The van der Waals surface area contributed by atoms with Crippen molar-refractivity contribution in [1.29, 1.82) is 0 Å². The molecule has 0 amide bonds. The summed E-state index contributed by atoms with van der Waals surface area (Å²) in [6, 6.07) is 15.5. The van der Waals surface area contributed by atoms with Crippen molar-refractivity contribution in [1.82, 2.24) is 4.98 Å². The van der Waals surface area contributed by atoms with Crippen LogP contribution in [0.2, 0.25) is 0 Å². The average Bonchev–Trinajstić information content (AvgIpc) is 3.28. The van der Waals surface area contributed by atoms with Gasteiger partial charge in [0.05, 0.1) is 5.69 Å². The lowest BCUT2D eigenvalue weighted by atomic mass is 9.98. The van der Waals surface area contributed by atoms with E-state index in [4.69, 9.17) is 5.73 Å². The van der Waals surface area contributed by atoms with Gasteiger partial charge < -0.3 is 10.7 Å². The van der Waals surface area contributed by atoms with Crippen molar-refractivity contribution >= 4 is 32.3 Å². The van der Waals surface area contributed by atoms with Gasteiger partial charge in [0, 0.05) is 31.9 Å².